The quantitative estimate of drug-likeness (QED) is 0.655. The van der Waals surface area contributed by atoms with Crippen molar-refractivity contribution >= 4 is 29.1 Å². The molecule has 0 atom stereocenters. The Kier molecular flexibility index (Phi) is 8.14. The molecule has 1 N–H and O–H groups in total. The number of amides is 2. The molecule has 0 radical (unpaired) electrons. The van der Waals surface area contributed by atoms with E-state index in [0.29, 0.717) is 29.6 Å². The van der Waals surface area contributed by atoms with Crippen LogP contribution in [0, 0.1) is 0 Å². The van der Waals surface area contributed by atoms with Crippen LogP contribution in [-0.4, -0.2) is 24.9 Å². The summed E-state index contributed by atoms with van der Waals surface area (Å²) in [5.41, 5.74) is 1.67. The lowest BCUT2D eigenvalue weighted by molar-refractivity contribution is -0.123. The molecule has 0 saturated carbocycles. The molecule has 2 amide bonds. The van der Waals surface area contributed by atoms with Crippen LogP contribution in [0.15, 0.2) is 48.5 Å². The van der Waals surface area contributed by atoms with E-state index in [9.17, 15) is 9.59 Å². The summed E-state index contributed by atoms with van der Waals surface area (Å²) in [6.45, 7) is 4.56. The zero-order valence-electron chi connectivity index (χ0n) is 15.7. The van der Waals surface area contributed by atoms with Crippen LogP contribution in [0.2, 0.25) is 5.02 Å². The van der Waals surface area contributed by atoms with Crippen LogP contribution in [0.4, 0.5) is 5.69 Å². The molecular weight excluding hydrogens is 364 g/mol. The molecule has 2 aromatic rings. The van der Waals surface area contributed by atoms with Gasteiger partial charge in [-0.05, 0) is 48.4 Å². The molecule has 0 saturated heterocycles. The molecule has 6 heteroatoms. The van der Waals surface area contributed by atoms with Crippen molar-refractivity contribution in [2.45, 2.75) is 33.3 Å². The van der Waals surface area contributed by atoms with Crippen molar-refractivity contribution in [3.8, 4) is 5.75 Å². The first-order valence-electron chi connectivity index (χ1n) is 9.01. The molecule has 0 aliphatic heterocycles. The first-order valence-corrected chi connectivity index (χ1v) is 9.39. The van der Waals surface area contributed by atoms with Crippen LogP contribution in [0.25, 0.3) is 0 Å². The highest BCUT2D eigenvalue weighted by molar-refractivity contribution is 6.30. The molecule has 144 valence electrons. The molecule has 2 rings (SSSR count). The van der Waals surface area contributed by atoms with Crippen molar-refractivity contribution < 1.29 is 14.3 Å². The van der Waals surface area contributed by atoms with E-state index in [2.05, 4.69) is 12.2 Å². The third-order valence-corrected chi connectivity index (χ3v) is 4.25. The van der Waals surface area contributed by atoms with Gasteiger partial charge >= 0.3 is 0 Å². The third-order valence-electron chi connectivity index (χ3n) is 4.00. The largest absolute Gasteiger partial charge is 0.489 e. The van der Waals surface area contributed by atoms with Gasteiger partial charge in [-0.3, -0.25) is 9.59 Å². The van der Waals surface area contributed by atoms with Gasteiger partial charge in [0.2, 0.25) is 11.8 Å². The van der Waals surface area contributed by atoms with Crippen LogP contribution in [0.1, 0.15) is 32.3 Å². The van der Waals surface area contributed by atoms with E-state index in [0.717, 1.165) is 18.4 Å². The standard InChI is InChI=1S/C21H25ClN2O3/c1-3-4-13-23-21(26)14-24(16(2)25)19-9-11-20(12-10-19)27-15-17-5-7-18(22)8-6-17/h5-12H,3-4,13-15H2,1-2H3,(H,23,26). The number of ether oxygens (including phenoxy) is 1. The topological polar surface area (TPSA) is 58.6 Å². The minimum atomic E-state index is -0.185. The van der Waals surface area contributed by atoms with Crippen molar-refractivity contribution in [3.63, 3.8) is 0 Å². The van der Waals surface area contributed by atoms with Crippen molar-refractivity contribution in [1.82, 2.24) is 5.32 Å². The Morgan fingerprint density at radius 3 is 2.33 bits per heavy atom. The minimum Gasteiger partial charge on any atom is -0.489 e. The average molecular weight is 389 g/mol. The number of nitrogens with one attached hydrogen (secondary N) is 1. The Balaban J connectivity index is 1.94. The summed E-state index contributed by atoms with van der Waals surface area (Å²) in [4.78, 5) is 25.4. The van der Waals surface area contributed by atoms with Gasteiger partial charge in [-0.1, -0.05) is 37.1 Å². The molecule has 0 aliphatic rings. The molecule has 5 nitrogen and oxygen atoms in total. The Morgan fingerprint density at radius 1 is 1.07 bits per heavy atom. The number of nitrogens with zero attached hydrogens (tertiary/aromatic N) is 1. The number of benzene rings is 2. The highest BCUT2D eigenvalue weighted by Gasteiger charge is 2.15. The fraction of sp³-hybridized carbons (Fsp3) is 0.333. The number of rotatable bonds is 9. The predicted octanol–water partition coefficient (Wildman–Crippen LogP) is 4.19. The van der Waals surface area contributed by atoms with Crippen LogP contribution < -0.4 is 15.0 Å². The highest BCUT2D eigenvalue weighted by atomic mass is 35.5. The number of carbonyl (C=O) groups excluding carboxylic acids is 2. The van der Waals surface area contributed by atoms with E-state index in [1.165, 1.54) is 11.8 Å². The van der Waals surface area contributed by atoms with Crippen molar-refractivity contribution in [2.75, 3.05) is 18.0 Å². The first-order chi connectivity index (χ1) is 13.0. The summed E-state index contributed by atoms with van der Waals surface area (Å²) >= 11 is 5.87. The van der Waals surface area contributed by atoms with Gasteiger partial charge < -0.3 is 15.0 Å². The maximum Gasteiger partial charge on any atom is 0.240 e. The van der Waals surface area contributed by atoms with Crippen LogP contribution in [-0.2, 0) is 16.2 Å². The van der Waals surface area contributed by atoms with E-state index < -0.39 is 0 Å². The number of unbranched alkanes of at least 4 members (excludes halogenated alkanes) is 1. The molecule has 27 heavy (non-hydrogen) atoms. The van der Waals surface area contributed by atoms with Crippen LogP contribution in [0.5, 0.6) is 5.75 Å². The van der Waals surface area contributed by atoms with Gasteiger partial charge in [0.05, 0.1) is 0 Å². The predicted molar refractivity (Wildman–Crippen MR) is 108 cm³/mol. The third kappa shape index (κ3) is 6.94. The molecule has 0 fully saturated rings. The summed E-state index contributed by atoms with van der Waals surface area (Å²) in [5.74, 6) is 0.335. The van der Waals surface area contributed by atoms with Gasteiger partial charge in [0.25, 0.3) is 0 Å². The molecule has 0 unspecified atom stereocenters. The normalized spacial score (nSPS) is 10.3. The maximum atomic E-state index is 12.0. The number of carbonyl (C=O) groups is 2. The molecule has 0 aliphatic carbocycles. The summed E-state index contributed by atoms with van der Waals surface area (Å²) < 4.78 is 5.75. The molecule has 0 heterocycles. The number of halogens is 1. The lowest BCUT2D eigenvalue weighted by Gasteiger charge is -2.21. The Hall–Kier alpha value is -2.53. The fourth-order valence-electron chi connectivity index (χ4n) is 2.46. The van der Waals surface area contributed by atoms with Gasteiger partial charge in [-0.2, -0.15) is 0 Å². The average Bonchev–Trinajstić information content (AvgIpc) is 2.66. The van der Waals surface area contributed by atoms with Crippen molar-refractivity contribution in [2.24, 2.45) is 0 Å². The van der Waals surface area contributed by atoms with Crippen LogP contribution in [0.3, 0.4) is 0 Å². The van der Waals surface area contributed by atoms with E-state index in [1.807, 2.05) is 24.3 Å². The minimum absolute atomic E-state index is 0.00399. The summed E-state index contributed by atoms with van der Waals surface area (Å²) in [7, 11) is 0. The van der Waals surface area contributed by atoms with E-state index in [4.69, 9.17) is 16.3 Å². The summed E-state index contributed by atoms with van der Waals surface area (Å²) in [6, 6.07) is 14.6. The number of hydrogen-bond acceptors (Lipinski definition) is 3. The summed E-state index contributed by atoms with van der Waals surface area (Å²) in [6.07, 6.45) is 1.93. The van der Waals surface area contributed by atoms with Crippen molar-refractivity contribution in [3.05, 3.63) is 59.1 Å². The zero-order chi connectivity index (χ0) is 19.6. The molecule has 0 aromatic heterocycles. The fourth-order valence-corrected chi connectivity index (χ4v) is 2.58. The van der Waals surface area contributed by atoms with Gasteiger partial charge in [0.15, 0.2) is 0 Å². The van der Waals surface area contributed by atoms with Crippen molar-refractivity contribution in [1.29, 1.82) is 0 Å². The smallest absolute Gasteiger partial charge is 0.240 e. The zero-order valence-corrected chi connectivity index (χ0v) is 16.5. The number of anilines is 1. The molecular formula is C21H25ClN2O3. The SMILES string of the molecule is CCCCNC(=O)CN(C(C)=O)c1ccc(OCc2ccc(Cl)cc2)cc1. The monoisotopic (exact) mass is 388 g/mol. The second-order valence-electron chi connectivity index (χ2n) is 6.22. The van der Waals surface area contributed by atoms with E-state index >= 15 is 0 Å². The summed E-state index contributed by atoms with van der Waals surface area (Å²) in [5, 5.41) is 3.51. The second kappa shape index (κ2) is 10.6. The molecule has 0 spiro atoms. The Labute approximate surface area is 165 Å². The van der Waals surface area contributed by atoms with Gasteiger partial charge in [-0.25, -0.2) is 0 Å². The Bertz CT molecular complexity index is 745. The first kappa shape index (κ1) is 20.8. The van der Waals surface area contributed by atoms with Gasteiger partial charge in [0.1, 0.15) is 18.9 Å². The Morgan fingerprint density at radius 2 is 1.74 bits per heavy atom. The highest BCUT2D eigenvalue weighted by Crippen LogP contribution is 2.21. The lowest BCUT2D eigenvalue weighted by Crippen LogP contribution is -2.40. The van der Waals surface area contributed by atoms with Crippen LogP contribution >= 0.6 is 11.6 Å². The molecule has 2 aromatic carbocycles. The lowest BCUT2D eigenvalue weighted by atomic mass is 10.2. The molecule has 0 bridgehead atoms. The van der Waals surface area contributed by atoms with E-state index in [-0.39, 0.29) is 18.4 Å². The van der Waals surface area contributed by atoms with E-state index in [1.54, 1.807) is 24.3 Å². The number of hydrogen-bond donors (Lipinski definition) is 1. The maximum absolute atomic E-state index is 12.0. The van der Waals surface area contributed by atoms with Gasteiger partial charge in [0, 0.05) is 24.2 Å². The van der Waals surface area contributed by atoms with Gasteiger partial charge in [-0.15, -0.1) is 0 Å². The second-order valence-corrected chi connectivity index (χ2v) is 6.65.